The number of rotatable bonds is 5. The van der Waals surface area contributed by atoms with Crippen molar-refractivity contribution in [3.63, 3.8) is 0 Å². The van der Waals surface area contributed by atoms with E-state index in [0.717, 1.165) is 10.2 Å². The molecule has 2 amide bonds. The number of carbonyl (C=O) groups is 2. The van der Waals surface area contributed by atoms with Gasteiger partial charge in [0.2, 0.25) is 0 Å². The molecule has 194 valence electrons. The first kappa shape index (κ1) is 24.6. The summed E-state index contributed by atoms with van der Waals surface area (Å²) in [5.41, 5.74) is 5.29. The molecule has 3 aromatic carbocycles. The molecule has 40 heavy (non-hydrogen) atoms. The smallest absolute Gasteiger partial charge is 0.267 e. The van der Waals surface area contributed by atoms with Gasteiger partial charge in [-0.2, -0.15) is 0 Å². The lowest BCUT2D eigenvalue weighted by atomic mass is 10.1. The molecule has 0 atom stereocenters. The van der Waals surface area contributed by atoms with E-state index < -0.39 is 5.91 Å². The van der Waals surface area contributed by atoms with Gasteiger partial charge in [0, 0.05) is 17.3 Å². The third-order valence-corrected chi connectivity index (χ3v) is 6.41. The maximum absolute atomic E-state index is 13.5. The number of nitrogens with zero attached hydrogens (tertiary/aromatic N) is 5. The number of nitrogens with one attached hydrogen (secondary N) is 1. The number of aliphatic imine (C=N–C) groups is 1. The SMILES string of the molecule is Cc1nc2ccccc2c(=O)n1NC(=O)c1ccc(N2C(=O)/C(=C/c3ccccn3)N=C2c2ccccc2)cc1. The van der Waals surface area contributed by atoms with E-state index in [1.54, 1.807) is 79.9 Å². The number of fused-ring (bicyclic) bond motifs is 1. The van der Waals surface area contributed by atoms with Gasteiger partial charge in [0.15, 0.2) is 0 Å². The lowest BCUT2D eigenvalue weighted by Crippen LogP contribution is -2.35. The van der Waals surface area contributed by atoms with E-state index in [2.05, 4.69) is 20.4 Å². The van der Waals surface area contributed by atoms with Crippen LogP contribution in [0.1, 0.15) is 27.4 Å². The van der Waals surface area contributed by atoms with Gasteiger partial charge in [0.1, 0.15) is 17.4 Å². The summed E-state index contributed by atoms with van der Waals surface area (Å²) in [7, 11) is 0. The predicted molar refractivity (Wildman–Crippen MR) is 154 cm³/mol. The number of pyridine rings is 1. The fourth-order valence-corrected chi connectivity index (χ4v) is 4.44. The molecule has 9 nitrogen and oxygen atoms in total. The molecular formula is C31H22N6O3. The van der Waals surface area contributed by atoms with Crippen LogP contribution in [0.4, 0.5) is 5.69 Å². The van der Waals surface area contributed by atoms with Crippen molar-refractivity contribution in [2.45, 2.75) is 6.92 Å². The first-order valence-electron chi connectivity index (χ1n) is 12.5. The van der Waals surface area contributed by atoms with E-state index in [0.29, 0.717) is 39.5 Å². The molecule has 0 fully saturated rings. The second-order valence-corrected chi connectivity index (χ2v) is 9.03. The fourth-order valence-electron chi connectivity index (χ4n) is 4.44. The molecule has 0 bridgehead atoms. The maximum atomic E-state index is 13.5. The highest BCUT2D eigenvalue weighted by molar-refractivity contribution is 6.33. The molecule has 1 aliphatic heterocycles. The van der Waals surface area contributed by atoms with Gasteiger partial charge >= 0.3 is 0 Å². The third-order valence-electron chi connectivity index (χ3n) is 6.41. The van der Waals surface area contributed by atoms with Crippen LogP contribution in [0.25, 0.3) is 17.0 Å². The van der Waals surface area contributed by atoms with Gasteiger partial charge in [-0.3, -0.25) is 29.7 Å². The van der Waals surface area contributed by atoms with Crippen LogP contribution in [0.15, 0.2) is 119 Å². The quantitative estimate of drug-likeness (QED) is 0.343. The van der Waals surface area contributed by atoms with Crippen LogP contribution >= 0.6 is 0 Å². The molecule has 6 rings (SSSR count). The van der Waals surface area contributed by atoms with Crippen molar-refractivity contribution in [3.8, 4) is 0 Å². The molecule has 2 aromatic heterocycles. The summed E-state index contributed by atoms with van der Waals surface area (Å²) in [6.07, 6.45) is 3.30. The predicted octanol–water partition coefficient (Wildman–Crippen LogP) is 4.32. The molecule has 0 saturated carbocycles. The number of para-hydroxylation sites is 1. The van der Waals surface area contributed by atoms with Crippen molar-refractivity contribution in [1.82, 2.24) is 14.6 Å². The molecule has 1 aliphatic rings. The van der Waals surface area contributed by atoms with E-state index in [9.17, 15) is 14.4 Å². The number of carbonyl (C=O) groups excluding carboxylic acids is 2. The number of aromatic nitrogens is 3. The largest absolute Gasteiger partial charge is 0.282 e. The van der Waals surface area contributed by atoms with E-state index in [4.69, 9.17) is 0 Å². The monoisotopic (exact) mass is 526 g/mol. The van der Waals surface area contributed by atoms with Crippen LogP contribution in [0.3, 0.4) is 0 Å². The Morgan fingerprint density at radius 1 is 0.850 bits per heavy atom. The number of hydrogen-bond acceptors (Lipinski definition) is 6. The minimum absolute atomic E-state index is 0.248. The highest BCUT2D eigenvalue weighted by atomic mass is 16.2. The van der Waals surface area contributed by atoms with Crippen LogP contribution in [0.5, 0.6) is 0 Å². The van der Waals surface area contributed by atoms with Crippen LogP contribution in [-0.4, -0.2) is 32.3 Å². The van der Waals surface area contributed by atoms with Gasteiger partial charge in [-0.05, 0) is 61.5 Å². The number of aryl methyl sites for hydroxylation is 1. The highest BCUT2D eigenvalue weighted by Gasteiger charge is 2.32. The first-order chi connectivity index (χ1) is 19.5. The first-order valence-corrected chi connectivity index (χ1v) is 12.5. The minimum Gasteiger partial charge on any atom is -0.267 e. The maximum Gasteiger partial charge on any atom is 0.282 e. The Balaban J connectivity index is 1.31. The zero-order chi connectivity index (χ0) is 27.6. The summed E-state index contributed by atoms with van der Waals surface area (Å²) in [5.74, 6) is 0.0158. The molecule has 0 saturated heterocycles. The molecule has 0 spiro atoms. The van der Waals surface area contributed by atoms with Crippen LogP contribution < -0.4 is 15.9 Å². The van der Waals surface area contributed by atoms with E-state index in [1.807, 2.05) is 36.4 Å². The molecule has 9 heteroatoms. The Bertz CT molecular complexity index is 1880. The summed E-state index contributed by atoms with van der Waals surface area (Å²) in [4.78, 5) is 54.4. The Kier molecular flexibility index (Phi) is 6.29. The van der Waals surface area contributed by atoms with Crippen molar-refractivity contribution in [2.75, 3.05) is 10.3 Å². The van der Waals surface area contributed by atoms with Crippen LogP contribution in [-0.2, 0) is 4.79 Å². The minimum atomic E-state index is -0.491. The van der Waals surface area contributed by atoms with Gasteiger partial charge in [0.25, 0.3) is 17.4 Å². The number of hydrogen-bond donors (Lipinski definition) is 1. The number of amides is 2. The number of anilines is 1. The Morgan fingerprint density at radius 3 is 2.33 bits per heavy atom. The average Bonchev–Trinajstić information content (AvgIpc) is 3.31. The van der Waals surface area contributed by atoms with Crippen molar-refractivity contribution in [3.05, 3.63) is 142 Å². The molecule has 0 unspecified atom stereocenters. The Morgan fingerprint density at radius 2 is 1.57 bits per heavy atom. The lowest BCUT2D eigenvalue weighted by molar-refractivity contribution is -0.113. The third kappa shape index (κ3) is 4.56. The van der Waals surface area contributed by atoms with Gasteiger partial charge in [0.05, 0.1) is 22.3 Å². The Hall–Kier alpha value is -5.70. The van der Waals surface area contributed by atoms with Gasteiger partial charge < -0.3 is 0 Å². The lowest BCUT2D eigenvalue weighted by Gasteiger charge is -2.19. The molecule has 5 aromatic rings. The van der Waals surface area contributed by atoms with Crippen molar-refractivity contribution in [1.29, 1.82) is 0 Å². The zero-order valence-electron chi connectivity index (χ0n) is 21.4. The summed E-state index contributed by atoms with van der Waals surface area (Å²) >= 11 is 0. The van der Waals surface area contributed by atoms with Crippen molar-refractivity contribution >= 4 is 40.3 Å². The fraction of sp³-hybridized carbons (Fsp3) is 0.0323. The van der Waals surface area contributed by atoms with Gasteiger partial charge in [-0.25, -0.2) is 14.7 Å². The van der Waals surface area contributed by atoms with Crippen molar-refractivity contribution < 1.29 is 9.59 Å². The molecular weight excluding hydrogens is 504 g/mol. The average molecular weight is 527 g/mol. The van der Waals surface area contributed by atoms with Crippen LogP contribution in [0, 0.1) is 6.92 Å². The van der Waals surface area contributed by atoms with E-state index in [-0.39, 0.29) is 17.2 Å². The standard InChI is InChI=1S/C31H22N6O3/c1-20-33-26-13-6-5-12-25(26)30(39)37(20)35-29(38)22-14-16-24(17-15-22)36-28(21-9-3-2-4-10-21)34-27(31(36)40)19-23-11-7-8-18-32-23/h2-19H,1H3,(H,35,38)/b27-19-. The second-order valence-electron chi connectivity index (χ2n) is 9.03. The van der Waals surface area contributed by atoms with Gasteiger partial charge in [-0.1, -0.05) is 48.5 Å². The summed E-state index contributed by atoms with van der Waals surface area (Å²) in [6.45, 7) is 1.65. The summed E-state index contributed by atoms with van der Waals surface area (Å²) in [5, 5.41) is 0.401. The molecule has 0 radical (unpaired) electrons. The second kappa shape index (κ2) is 10.2. The number of benzene rings is 3. The topological polar surface area (TPSA) is 110 Å². The summed E-state index contributed by atoms with van der Waals surface area (Å²) < 4.78 is 1.14. The Labute approximate surface area is 228 Å². The van der Waals surface area contributed by atoms with Crippen LogP contribution in [0.2, 0.25) is 0 Å². The molecule has 1 N–H and O–H groups in total. The normalized spacial score (nSPS) is 14.0. The van der Waals surface area contributed by atoms with Crippen molar-refractivity contribution in [2.24, 2.45) is 4.99 Å². The zero-order valence-corrected chi connectivity index (χ0v) is 21.4. The number of amidine groups is 1. The molecule has 3 heterocycles. The van der Waals surface area contributed by atoms with Gasteiger partial charge in [-0.15, -0.1) is 0 Å². The molecule has 0 aliphatic carbocycles. The van der Waals surface area contributed by atoms with E-state index >= 15 is 0 Å². The highest BCUT2D eigenvalue weighted by Crippen LogP contribution is 2.28. The summed E-state index contributed by atoms with van der Waals surface area (Å²) in [6, 6.07) is 28.3. The van der Waals surface area contributed by atoms with E-state index in [1.165, 1.54) is 4.90 Å².